The Morgan fingerprint density at radius 3 is 2.22 bits per heavy atom. The number of rotatable bonds is 5. The van der Waals surface area contributed by atoms with Crippen LogP contribution in [0, 0.1) is 0 Å². The fraction of sp³-hybridized carbons (Fsp3) is 0.188. The highest BCUT2D eigenvalue weighted by Crippen LogP contribution is 2.26. The molecule has 0 fully saturated rings. The summed E-state index contributed by atoms with van der Waals surface area (Å²) in [6.07, 6.45) is 1.06. The Morgan fingerprint density at radius 2 is 1.65 bits per heavy atom. The zero-order valence-corrected chi connectivity index (χ0v) is 14.3. The van der Waals surface area contributed by atoms with Crippen molar-refractivity contribution in [1.82, 2.24) is 4.31 Å². The molecule has 122 valence electrons. The number of amides is 1. The van der Waals surface area contributed by atoms with Crippen LogP contribution in [0.2, 0.25) is 5.02 Å². The first-order valence-electron chi connectivity index (χ1n) is 6.84. The largest absolute Gasteiger partial charge is 0.323 e. The van der Waals surface area contributed by atoms with Crippen molar-refractivity contribution in [1.29, 1.82) is 0 Å². The third kappa shape index (κ3) is 4.31. The fourth-order valence-corrected chi connectivity index (χ4v) is 2.90. The first-order valence-corrected chi connectivity index (χ1v) is 9.06. The highest BCUT2D eigenvalue weighted by molar-refractivity contribution is 7.88. The molecule has 0 aliphatic rings. The molecule has 7 heteroatoms. The molecule has 1 amide bonds. The number of halogens is 1. The van der Waals surface area contributed by atoms with Crippen molar-refractivity contribution >= 4 is 33.2 Å². The molecule has 2 aromatic rings. The van der Waals surface area contributed by atoms with Gasteiger partial charge in [-0.25, -0.2) is 8.42 Å². The summed E-state index contributed by atoms with van der Waals surface area (Å²) < 4.78 is 24.8. The van der Waals surface area contributed by atoms with Crippen molar-refractivity contribution in [3.8, 4) is 0 Å². The first-order chi connectivity index (χ1) is 10.8. The molecule has 0 aliphatic heterocycles. The van der Waals surface area contributed by atoms with E-state index in [-0.39, 0.29) is 0 Å². The van der Waals surface area contributed by atoms with Crippen molar-refractivity contribution in [3.05, 3.63) is 65.2 Å². The van der Waals surface area contributed by atoms with Crippen molar-refractivity contribution in [2.24, 2.45) is 0 Å². The fourth-order valence-electron chi connectivity index (χ4n) is 2.12. The van der Waals surface area contributed by atoms with E-state index in [1.54, 1.807) is 54.6 Å². The molecular weight excluding hydrogens is 336 g/mol. The summed E-state index contributed by atoms with van der Waals surface area (Å²) in [5, 5.41) is 3.07. The summed E-state index contributed by atoms with van der Waals surface area (Å²) >= 11 is 6.04. The Hall–Kier alpha value is -1.89. The van der Waals surface area contributed by atoms with Crippen LogP contribution >= 0.6 is 11.6 Å². The molecule has 0 spiro atoms. The van der Waals surface area contributed by atoms with Crippen LogP contribution in [-0.2, 0) is 14.8 Å². The van der Waals surface area contributed by atoms with Crippen LogP contribution in [0.25, 0.3) is 0 Å². The maximum Gasteiger partial charge on any atom is 0.247 e. The Labute approximate surface area is 140 Å². The average Bonchev–Trinajstić information content (AvgIpc) is 2.50. The van der Waals surface area contributed by atoms with Gasteiger partial charge in [-0.3, -0.25) is 4.79 Å². The lowest BCUT2D eigenvalue weighted by Gasteiger charge is -2.25. The molecule has 0 saturated carbocycles. The second-order valence-corrected chi connectivity index (χ2v) is 7.51. The van der Waals surface area contributed by atoms with Gasteiger partial charge < -0.3 is 5.32 Å². The van der Waals surface area contributed by atoms with Gasteiger partial charge in [0.25, 0.3) is 0 Å². The van der Waals surface area contributed by atoms with Crippen LogP contribution in [0.5, 0.6) is 0 Å². The van der Waals surface area contributed by atoms with Crippen LogP contribution < -0.4 is 5.32 Å². The van der Waals surface area contributed by atoms with Crippen molar-refractivity contribution in [2.45, 2.75) is 6.04 Å². The summed E-state index contributed by atoms with van der Waals surface area (Å²) in [6.45, 7) is 0. The number of nitrogens with one attached hydrogen (secondary N) is 1. The molecule has 1 atom stereocenters. The third-order valence-corrected chi connectivity index (χ3v) is 4.97. The lowest BCUT2D eigenvalue weighted by atomic mass is 10.1. The van der Waals surface area contributed by atoms with Gasteiger partial charge in [-0.05, 0) is 17.7 Å². The van der Waals surface area contributed by atoms with Gasteiger partial charge in [0, 0.05) is 7.05 Å². The van der Waals surface area contributed by atoms with E-state index in [2.05, 4.69) is 5.32 Å². The SMILES string of the molecule is CN([C@H](C(=O)Nc1ccccc1Cl)c1ccccc1)S(C)(=O)=O. The van der Waals surface area contributed by atoms with Crippen LogP contribution in [0.1, 0.15) is 11.6 Å². The van der Waals surface area contributed by atoms with Crippen LogP contribution in [-0.4, -0.2) is 31.9 Å². The summed E-state index contributed by atoms with van der Waals surface area (Å²) in [5.74, 6) is -0.475. The lowest BCUT2D eigenvalue weighted by Crippen LogP contribution is -2.38. The minimum absolute atomic E-state index is 0.384. The number of para-hydroxylation sites is 1. The maximum atomic E-state index is 12.7. The first kappa shape index (κ1) is 17.5. The number of hydrogen-bond donors (Lipinski definition) is 1. The van der Waals surface area contributed by atoms with Gasteiger partial charge in [0.2, 0.25) is 15.9 Å². The number of carbonyl (C=O) groups excluding carboxylic acids is 1. The number of anilines is 1. The van der Waals surface area contributed by atoms with E-state index in [4.69, 9.17) is 11.6 Å². The van der Waals surface area contributed by atoms with Gasteiger partial charge >= 0.3 is 0 Å². The Morgan fingerprint density at radius 1 is 1.09 bits per heavy atom. The van der Waals surface area contributed by atoms with Crippen molar-refractivity contribution < 1.29 is 13.2 Å². The second kappa shape index (κ2) is 7.12. The molecular formula is C16H17ClN2O3S. The van der Waals surface area contributed by atoms with Crippen molar-refractivity contribution in [3.63, 3.8) is 0 Å². The van der Waals surface area contributed by atoms with E-state index >= 15 is 0 Å². The molecule has 0 aliphatic carbocycles. The molecule has 0 heterocycles. The van der Waals surface area contributed by atoms with E-state index in [0.717, 1.165) is 10.6 Å². The van der Waals surface area contributed by atoms with Gasteiger partial charge in [0.1, 0.15) is 6.04 Å². The molecule has 2 aromatic carbocycles. The summed E-state index contributed by atoms with van der Waals surface area (Å²) in [4.78, 5) is 12.7. The number of likely N-dealkylation sites (N-methyl/N-ethyl adjacent to an activating group) is 1. The normalized spacial score (nSPS) is 12.9. The molecule has 5 nitrogen and oxygen atoms in total. The van der Waals surface area contributed by atoms with Crippen molar-refractivity contribution in [2.75, 3.05) is 18.6 Å². The molecule has 23 heavy (non-hydrogen) atoms. The lowest BCUT2D eigenvalue weighted by molar-refractivity contribution is -0.119. The number of benzene rings is 2. The number of carbonyl (C=O) groups is 1. The van der Waals surface area contributed by atoms with Crippen LogP contribution in [0.3, 0.4) is 0 Å². The number of hydrogen-bond acceptors (Lipinski definition) is 3. The Bertz CT molecular complexity index is 794. The van der Waals surface area contributed by atoms with Gasteiger partial charge in [-0.15, -0.1) is 0 Å². The van der Waals surface area contributed by atoms with Gasteiger partial charge in [-0.2, -0.15) is 4.31 Å². The maximum absolute atomic E-state index is 12.7. The molecule has 0 aromatic heterocycles. The van der Waals surface area contributed by atoms with Gasteiger partial charge in [-0.1, -0.05) is 54.1 Å². The summed E-state index contributed by atoms with van der Waals surface area (Å²) in [6, 6.07) is 14.5. The van der Waals surface area contributed by atoms with Gasteiger partial charge in [0.05, 0.1) is 17.0 Å². The zero-order chi connectivity index (χ0) is 17.0. The second-order valence-electron chi connectivity index (χ2n) is 5.06. The third-order valence-electron chi connectivity index (χ3n) is 3.38. The molecule has 0 radical (unpaired) electrons. The standard InChI is InChI=1S/C16H17ClN2O3S/c1-19(23(2,21)22)15(12-8-4-3-5-9-12)16(20)18-14-11-7-6-10-13(14)17/h3-11,15H,1-2H3,(H,18,20)/t15-/m0/s1. The number of sulfonamides is 1. The monoisotopic (exact) mass is 352 g/mol. The smallest absolute Gasteiger partial charge is 0.247 e. The molecule has 0 unspecified atom stereocenters. The predicted molar refractivity (Wildman–Crippen MR) is 91.9 cm³/mol. The predicted octanol–water partition coefficient (Wildman–Crippen LogP) is 2.91. The average molecular weight is 353 g/mol. The minimum atomic E-state index is -3.56. The van der Waals surface area contributed by atoms with Crippen LogP contribution in [0.4, 0.5) is 5.69 Å². The van der Waals surface area contributed by atoms with E-state index in [0.29, 0.717) is 16.3 Å². The molecule has 1 N–H and O–H groups in total. The Kier molecular flexibility index (Phi) is 5.41. The zero-order valence-electron chi connectivity index (χ0n) is 12.7. The quantitative estimate of drug-likeness (QED) is 0.899. The van der Waals surface area contributed by atoms with E-state index in [1.807, 2.05) is 0 Å². The Balaban J connectivity index is 2.38. The van der Waals surface area contributed by atoms with E-state index < -0.39 is 22.0 Å². The topological polar surface area (TPSA) is 66.5 Å². The summed E-state index contributed by atoms with van der Waals surface area (Å²) in [7, 11) is -2.18. The van der Waals surface area contributed by atoms with Gasteiger partial charge in [0.15, 0.2) is 0 Å². The van der Waals surface area contributed by atoms with E-state index in [9.17, 15) is 13.2 Å². The van der Waals surface area contributed by atoms with E-state index in [1.165, 1.54) is 7.05 Å². The van der Waals surface area contributed by atoms with Crippen LogP contribution in [0.15, 0.2) is 54.6 Å². The minimum Gasteiger partial charge on any atom is -0.323 e. The summed E-state index contributed by atoms with van der Waals surface area (Å²) in [5.41, 5.74) is 1.01. The highest BCUT2D eigenvalue weighted by atomic mass is 35.5. The highest BCUT2D eigenvalue weighted by Gasteiger charge is 2.30. The molecule has 2 rings (SSSR count). The molecule has 0 bridgehead atoms. The number of nitrogens with zero attached hydrogens (tertiary/aromatic N) is 1. The molecule has 0 saturated heterocycles.